The first-order valence-electron chi connectivity index (χ1n) is 4.29. The van der Waals surface area contributed by atoms with E-state index in [4.69, 9.17) is 5.73 Å². The molecule has 0 aliphatic carbocycles. The molecule has 4 heteroatoms. The average molecular weight is 215 g/mol. The number of halogens is 1. The summed E-state index contributed by atoms with van der Waals surface area (Å²) in [6.07, 6.45) is 0. The van der Waals surface area contributed by atoms with Gasteiger partial charge in [-0.1, -0.05) is 0 Å². The minimum atomic E-state index is -0.745. The van der Waals surface area contributed by atoms with Gasteiger partial charge in [-0.15, -0.1) is 11.8 Å². The van der Waals surface area contributed by atoms with Gasteiger partial charge in [-0.2, -0.15) is 0 Å². The predicted molar refractivity (Wildman–Crippen MR) is 57.8 cm³/mol. The molecule has 0 bridgehead atoms. The second-order valence-corrected chi connectivity index (χ2v) is 4.80. The molecule has 0 amide bonds. The highest BCUT2D eigenvalue weighted by Gasteiger charge is 2.13. The summed E-state index contributed by atoms with van der Waals surface area (Å²) < 4.78 is 12.7. The van der Waals surface area contributed by atoms with Crippen LogP contribution >= 0.6 is 11.8 Å². The third-order valence-electron chi connectivity index (χ3n) is 1.55. The molecule has 2 nitrogen and oxygen atoms in total. The maximum atomic E-state index is 12.7. The number of hydrogen-bond acceptors (Lipinski definition) is 3. The maximum absolute atomic E-state index is 12.7. The van der Waals surface area contributed by atoms with Gasteiger partial charge in [0.2, 0.25) is 0 Å². The third kappa shape index (κ3) is 3.55. The maximum Gasteiger partial charge on any atom is 0.125 e. The predicted octanol–water partition coefficient (Wildman–Crippen LogP) is 2.27. The Morgan fingerprint density at radius 1 is 1.50 bits per heavy atom. The SMILES string of the molecule is CC(C)(O)CSc1ccc(F)cc1N. The first-order valence-corrected chi connectivity index (χ1v) is 5.27. The van der Waals surface area contributed by atoms with Gasteiger partial charge in [-0.3, -0.25) is 0 Å². The van der Waals surface area contributed by atoms with Gasteiger partial charge >= 0.3 is 0 Å². The smallest absolute Gasteiger partial charge is 0.125 e. The van der Waals surface area contributed by atoms with Gasteiger partial charge in [0.25, 0.3) is 0 Å². The molecule has 0 aliphatic heterocycles. The van der Waals surface area contributed by atoms with Gasteiger partial charge in [0.05, 0.1) is 5.60 Å². The van der Waals surface area contributed by atoms with Crippen molar-refractivity contribution >= 4 is 17.4 Å². The van der Waals surface area contributed by atoms with Gasteiger partial charge in [0.15, 0.2) is 0 Å². The number of aliphatic hydroxyl groups is 1. The van der Waals surface area contributed by atoms with E-state index < -0.39 is 5.60 Å². The summed E-state index contributed by atoms with van der Waals surface area (Å²) in [5.74, 6) is 0.193. The Hall–Kier alpha value is -0.740. The standard InChI is InChI=1S/C10H14FNOS/c1-10(2,13)6-14-9-4-3-7(11)5-8(9)12/h3-5,13H,6,12H2,1-2H3. The lowest BCUT2D eigenvalue weighted by Crippen LogP contribution is -2.21. The van der Waals surface area contributed by atoms with E-state index in [-0.39, 0.29) is 5.82 Å². The number of thioether (sulfide) groups is 1. The summed E-state index contributed by atoms with van der Waals surface area (Å²) in [6.45, 7) is 3.44. The summed E-state index contributed by atoms with van der Waals surface area (Å²) in [4.78, 5) is 0.800. The largest absolute Gasteiger partial charge is 0.398 e. The zero-order valence-electron chi connectivity index (χ0n) is 8.25. The highest BCUT2D eigenvalue weighted by molar-refractivity contribution is 7.99. The summed E-state index contributed by atoms with van der Waals surface area (Å²) in [5, 5.41) is 9.49. The van der Waals surface area contributed by atoms with Crippen LogP contribution in [-0.4, -0.2) is 16.5 Å². The van der Waals surface area contributed by atoms with E-state index in [0.29, 0.717) is 11.4 Å². The molecule has 0 saturated heterocycles. The zero-order chi connectivity index (χ0) is 10.8. The van der Waals surface area contributed by atoms with Crippen LogP contribution in [0.4, 0.5) is 10.1 Å². The van der Waals surface area contributed by atoms with Crippen LogP contribution in [0.25, 0.3) is 0 Å². The molecule has 1 rings (SSSR count). The molecule has 0 spiro atoms. The summed E-state index contributed by atoms with van der Waals surface area (Å²) >= 11 is 1.42. The molecule has 0 aromatic heterocycles. The van der Waals surface area contributed by atoms with Crippen LogP contribution < -0.4 is 5.73 Å². The molecule has 0 saturated carbocycles. The van der Waals surface area contributed by atoms with Crippen LogP contribution in [0.2, 0.25) is 0 Å². The van der Waals surface area contributed by atoms with E-state index in [1.165, 1.54) is 23.9 Å². The molecule has 0 aliphatic rings. The zero-order valence-corrected chi connectivity index (χ0v) is 9.07. The second kappa shape index (κ2) is 4.19. The molecule has 0 unspecified atom stereocenters. The summed E-state index contributed by atoms with van der Waals surface area (Å²) in [5.41, 5.74) is 5.28. The van der Waals surface area contributed by atoms with Crippen molar-refractivity contribution in [3.63, 3.8) is 0 Å². The van der Waals surface area contributed by atoms with E-state index in [1.807, 2.05) is 0 Å². The Labute approximate surface area is 87.3 Å². The first kappa shape index (κ1) is 11.3. The molecular formula is C10H14FNOS. The van der Waals surface area contributed by atoms with Crippen LogP contribution in [0.1, 0.15) is 13.8 Å². The summed E-state index contributed by atoms with van der Waals surface area (Å²) in [6, 6.07) is 4.27. The molecule has 0 radical (unpaired) electrons. The molecule has 0 atom stereocenters. The lowest BCUT2D eigenvalue weighted by Gasteiger charge is -2.16. The monoisotopic (exact) mass is 215 g/mol. The minimum absolute atomic E-state index is 0.338. The topological polar surface area (TPSA) is 46.2 Å². The number of benzene rings is 1. The van der Waals surface area contributed by atoms with Crippen LogP contribution in [0.15, 0.2) is 23.1 Å². The first-order chi connectivity index (χ1) is 6.38. The highest BCUT2D eigenvalue weighted by atomic mass is 32.2. The van der Waals surface area contributed by atoms with Crippen LogP contribution in [0.3, 0.4) is 0 Å². The molecule has 0 heterocycles. The Balaban J connectivity index is 2.68. The quantitative estimate of drug-likeness (QED) is 0.600. The summed E-state index contributed by atoms with van der Waals surface area (Å²) in [7, 11) is 0. The molecular weight excluding hydrogens is 201 g/mol. The van der Waals surface area contributed by atoms with Crippen molar-refractivity contribution < 1.29 is 9.50 Å². The van der Waals surface area contributed by atoms with Crippen molar-refractivity contribution in [2.45, 2.75) is 24.3 Å². The lowest BCUT2D eigenvalue weighted by atomic mass is 10.2. The van der Waals surface area contributed by atoms with Crippen molar-refractivity contribution in [2.24, 2.45) is 0 Å². The van der Waals surface area contributed by atoms with Crippen molar-refractivity contribution in [1.82, 2.24) is 0 Å². The Bertz CT molecular complexity index is 322. The Morgan fingerprint density at radius 2 is 2.14 bits per heavy atom. The Kier molecular flexibility index (Phi) is 3.39. The average Bonchev–Trinajstić information content (AvgIpc) is 2.00. The normalized spacial score (nSPS) is 11.7. The van der Waals surface area contributed by atoms with E-state index in [9.17, 15) is 9.50 Å². The molecule has 3 N–H and O–H groups in total. The molecule has 1 aromatic carbocycles. The molecule has 1 aromatic rings. The molecule has 14 heavy (non-hydrogen) atoms. The Morgan fingerprint density at radius 3 is 2.64 bits per heavy atom. The molecule has 0 fully saturated rings. The number of anilines is 1. The van der Waals surface area contributed by atoms with Crippen LogP contribution in [-0.2, 0) is 0 Å². The number of nitrogens with two attached hydrogens (primary N) is 1. The fourth-order valence-electron chi connectivity index (χ4n) is 0.905. The number of nitrogen functional groups attached to an aromatic ring is 1. The van der Waals surface area contributed by atoms with Gasteiger partial charge in [-0.25, -0.2) is 4.39 Å². The van der Waals surface area contributed by atoms with Crippen molar-refractivity contribution in [2.75, 3.05) is 11.5 Å². The van der Waals surface area contributed by atoms with E-state index in [1.54, 1.807) is 19.9 Å². The van der Waals surface area contributed by atoms with Gasteiger partial charge in [-0.05, 0) is 32.0 Å². The van der Waals surface area contributed by atoms with E-state index in [0.717, 1.165) is 4.90 Å². The fraction of sp³-hybridized carbons (Fsp3) is 0.400. The van der Waals surface area contributed by atoms with Gasteiger partial charge in [0.1, 0.15) is 5.82 Å². The lowest BCUT2D eigenvalue weighted by molar-refractivity contribution is 0.107. The van der Waals surface area contributed by atoms with E-state index in [2.05, 4.69) is 0 Å². The van der Waals surface area contributed by atoms with Crippen molar-refractivity contribution in [3.8, 4) is 0 Å². The molecule has 78 valence electrons. The van der Waals surface area contributed by atoms with Crippen molar-refractivity contribution in [1.29, 1.82) is 0 Å². The minimum Gasteiger partial charge on any atom is -0.398 e. The van der Waals surface area contributed by atoms with Gasteiger partial charge in [0, 0.05) is 16.3 Å². The number of hydrogen-bond donors (Lipinski definition) is 2. The fourth-order valence-corrected chi connectivity index (χ4v) is 1.80. The second-order valence-electron chi connectivity index (χ2n) is 3.78. The van der Waals surface area contributed by atoms with Gasteiger partial charge < -0.3 is 10.8 Å². The third-order valence-corrected chi connectivity index (χ3v) is 3.09. The van der Waals surface area contributed by atoms with Crippen LogP contribution in [0, 0.1) is 5.82 Å². The highest BCUT2D eigenvalue weighted by Crippen LogP contribution is 2.28. The van der Waals surface area contributed by atoms with Crippen LogP contribution in [0.5, 0.6) is 0 Å². The number of rotatable bonds is 3. The van der Waals surface area contributed by atoms with E-state index >= 15 is 0 Å². The van der Waals surface area contributed by atoms with Crippen molar-refractivity contribution in [3.05, 3.63) is 24.0 Å².